The van der Waals surface area contributed by atoms with E-state index < -0.39 is 0 Å². The van der Waals surface area contributed by atoms with Gasteiger partial charge in [0.15, 0.2) is 5.13 Å². The van der Waals surface area contributed by atoms with Gasteiger partial charge in [-0.05, 0) is 25.0 Å². The second kappa shape index (κ2) is 4.46. The van der Waals surface area contributed by atoms with Crippen LogP contribution in [0, 0.1) is 0 Å². The number of para-hydroxylation sites is 1. The summed E-state index contributed by atoms with van der Waals surface area (Å²) >= 11 is 7.84. The second-order valence-electron chi connectivity index (χ2n) is 4.73. The smallest absolute Gasteiger partial charge is 0.184 e. The molecule has 0 saturated heterocycles. The molecule has 1 aliphatic rings. The van der Waals surface area contributed by atoms with Gasteiger partial charge in [0.05, 0.1) is 15.8 Å². The van der Waals surface area contributed by atoms with Gasteiger partial charge in [-0.1, -0.05) is 36.3 Å². The van der Waals surface area contributed by atoms with Crippen molar-refractivity contribution in [3.8, 4) is 0 Å². The van der Waals surface area contributed by atoms with Gasteiger partial charge < -0.3 is 5.32 Å². The molecule has 1 N–H and O–H groups in total. The highest BCUT2D eigenvalue weighted by Crippen LogP contribution is 2.36. The van der Waals surface area contributed by atoms with Crippen molar-refractivity contribution in [3.05, 3.63) is 24.3 Å². The van der Waals surface area contributed by atoms with Crippen LogP contribution in [0.2, 0.25) is 0 Å². The molecule has 1 aromatic heterocycles. The lowest BCUT2D eigenvalue weighted by Gasteiger charge is -2.27. The van der Waals surface area contributed by atoms with Crippen molar-refractivity contribution >= 4 is 38.3 Å². The highest BCUT2D eigenvalue weighted by atomic mass is 35.5. The molecular formula is C13H15ClN2S. The molecule has 3 rings (SSSR count). The number of hydrogen-bond acceptors (Lipinski definition) is 3. The zero-order valence-electron chi connectivity index (χ0n) is 9.58. The Morgan fingerprint density at radius 1 is 1.29 bits per heavy atom. The maximum Gasteiger partial charge on any atom is 0.184 e. The summed E-state index contributed by atoms with van der Waals surface area (Å²) in [6, 6.07) is 8.25. The van der Waals surface area contributed by atoms with Gasteiger partial charge in [0.1, 0.15) is 0 Å². The Hall–Kier alpha value is -0.800. The molecule has 0 spiro atoms. The molecule has 1 aliphatic carbocycles. The lowest BCUT2D eigenvalue weighted by Crippen LogP contribution is -2.36. The number of halogens is 1. The molecule has 0 bridgehead atoms. The Morgan fingerprint density at radius 2 is 2.06 bits per heavy atom. The monoisotopic (exact) mass is 266 g/mol. The van der Waals surface area contributed by atoms with E-state index in [2.05, 4.69) is 28.5 Å². The Bertz CT molecular complexity index is 484. The summed E-state index contributed by atoms with van der Waals surface area (Å²) in [4.78, 5) is 4.62. The van der Waals surface area contributed by atoms with Crippen LogP contribution in [-0.2, 0) is 0 Å². The van der Waals surface area contributed by atoms with Crippen molar-refractivity contribution in [2.45, 2.75) is 31.2 Å². The molecule has 17 heavy (non-hydrogen) atoms. The molecule has 4 heteroatoms. The average molecular weight is 267 g/mol. The van der Waals surface area contributed by atoms with Crippen molar-refractivity contribution in [1.29, 1.82) is 0 Å². The summed E-state index contributed by atoms with van der Waals surface area (Å²) in [6.07, 6.45) is 4.86. The van der Waals surface area contributed by atoms with Crippen molar-refractivity contribution in [1.82, 2.24) is 4.98 Å². The van der Waals surface area contributed by atoms with E-state index in [0.717, 1.165) is 23.5 Å². The molecule has 1 heterocycles. The molecule has 0 radical (unpaired) electrons. The van der Waals surface area contributed by atoms with E-state index in [1.54, 1.807) is 11.3 Å². The summed E-state index contributed by atoms with van der Waals surface area (Å²) < 4.78 is 1.23. The number of rotatable bonds is 3. The third-order valence-corrected chi connectivity index (χ3v) is 4.95. The Kier molecular flexibility index (Phi) is 2.97. The molecule has 0 aliphatic heterocycles. The molecule has 2 aromatic rings. The molecule has 2 nitrogen and oxygen atoms in total. The van der Waals surface area contributed by atoms with E-state index in [-0.39, 0.29) is 5.54 Å². The number of thiazole rings is 1. The highest BCUT2D eigenvalue weighted by Gasteiger charge is 2.33. The minimum absolute atomic E-state index is 0.0788. The van der Waals surface area contributed by atoms with E-state index in [4.69, 9.17) is 11.6 Å². The molecule has 90 valence electrons. The fraction of sp³-hybridized carbons (Fsp3) is 0.462. The summed E-state index contributed by atoms with van der Waals surface area (Å²) in [5, 5.41) is 4.58. The largest absolute Gasteiger partial charge is 0.355 e. The minimum atomic E-state index is 0.0788. The van der Waals surface area contributed by atoms with Gasteiger partial charge >= 0.3 is 0 Å². The van der Waals surface area contributed by atoms with Crippen LogP contribution in [-0.4, -0.2) is 16.4 Å². The van der Waals surface area contributed by atoms with Gasteiger partial charge in [0, 0.05) is 5.88 Å². The quantitative estimate of drug-likeness (QED) is 0.840. The Balaban J connectivity index is 1.89. The van der Waals surface area contributed by atoms with Gasteiger partial charge in [-0.3, -0.25) is 0 Å². The first-order chi connectivity index (χ1) is 8.31. The summed E-state index contributed by atoms with van der Waals surface area (Å²) in [5.74, 6) is 0.670. The fourth-order valence-electron chi connectivity index (χ4n) is 2.50. The molecule has 0 amide bonds. The van der Waals surface area contributed by atoms with Crippen LogP contribution < -0.4 is 5.32 Å². The summed E-state index contributed by atoms with van der Waals surface area (Å²) in [6.45, 7) is 0. The third kappa shape index (κ3) is 2.14. The van der Waals surface area contributed by atoms with Crippen molar-refractivity contribution < 1.29 is 0 Å². The lowest BCUT2D eigenvalue weighted by atomic mass is 10.0. The van der Waals surface area contributed by atoms with E-state index in [1.165, 1.54) is 17.5 Å². The molecule has 0 atom stereocenters. The van der Waals surface area contributed by atoms with Crippen LogP contribution >= 0.6 is 22.9 Å². The number of aromatic nitrogens is 1. The summed E-state index contributed by atoms with van der Waals surface area (Å²) in [7, 11) is 0. The maximum atomic E-state index is 6.13. The normalized spacial score (nSPS) is 18.6. The minimum Gasteiger partial charge on any atom is -0.355 e. The van der Waals surface area contributed by atoms with E-state index in [0.29, 0.717) is 5.88 Å². The van der Waals surface area contributed by atoms with Gasteiger partial charge in [-0.25, -0.2) is 4.98 Å². The molecule has 1 fully saturated rings. The topological polar surface area (TPSA) is 24.9 Å². The van der Waals surface area contributed by atoms with E-state index in [1.807, 2.05) is 6.07 Å². The average Bonchev–Trinajstić information content (AvgIpc) is 2.95. The first-order valence-corrected chi connectivity index (χ1v) is 7.36. The zero-order chi connectivity index (χ0) is 11.7. The SMILES string of the molecule is ClCC1(Nc2nc3ccccc3s2)CCCC1. The molecule has 1 aromatic carbocycles. The molecular weight excluding hydrogens is 252 g/mol. The van der Waals surface area contributed by atoms with Crippen LogP contribution in [0.3, 0.4) is 0 Å². The van der Waals surface area contributed by atoms with Gasteiger partial charge in [-0.2, -0.15) is 0 Å². The molecule has 0 unspecified atom stereocenters. The van der Waals surface area contributed by atoms with Crippen LogP contribution in [0.1, 0.15) is 25.7 Å². The fourth-order valence-corrected chi connectivity index (χ4v) is 3.82. The number of benzene rings is 1. The first-order valence-electron chi connectivity index (χ1n) is 6.01. The lowest BCUT2D eigenvalue weighted by molar-refractivity contribution is 0.539. The number of nitrogens with one attached hydrogen (secondary N) is 1. The van der Waals surface area contributed by atoms with Crippen LogP contribution in [0.25, 0.3) is 10.2 Å². The zero-order valence-corrected chi connectivity index (χ0v) is 11.2. The van der Waals surface area contributed by atoms with Crippen LogP contribution in [0.15, 0.2) is 24.3 Å². The highest BCUT2D eigenvalue weighted by molar-refractivity contribution is 7.22. The van der Waals surface area contributed by atoms with Gasteiger partial charge in [0.2, 0.25) is 0 Å². The third-order valence-electron chi connectivity index (χ3n) is 3.48. The van der Waals surface area contributed by atoms with E-state index >= 15 is 0 Å². The van der Waals surface area contributed by atoms with Crippen molar-refractivity contribution in [2.24, 2.45) is 0 Å². The van der Waals surface area contributed by atoms with Gasteiger partial charge in [-0.15, -0.1) is 11.6 Å². The van der Waals surface area contributed by atoms with Gasteiger partial charge in [0.25, 0.3) is 0 Å². The Morgan fingerprint density at radius 3 is 2.76 bits per heavy atom. The maximum absolute atomic E-state index is 6.13. The predicted octanol–water partition coefficient (Wildman–Crippen LogP) is 4.26. The van der Waals surface area contributed by atoms with Crippen LogP contribution in [0.4, 0.5) is 5.13 Å². The number of alkyl halides is 1. The van der Waals surface area contributed by atoms with Crippen molar-refractivity contribution in [3.63, 3.8) is 0 Å². The number of nitrogens with zero attached hydrogens (tertiary/aromatic N) is 1. The second-order valence-corrected chi connectivity index (χ2v) is 6.03. The van der Waals surface area contributed by atoms with Crippen LogP contribution in [0.5, 0.6) is 0 Å². The number of hydrogen-bond donors (Lipinski definition) is 1. The predicted molar refractivity (Wildman–Crippen MR) is 75.2 cm³/mol. The van der Waals surface area contributed by atoms with Crippen molar-refractivity contribution in [2.75, 3.05) is 11.2 Å². The van der Waals surface area contributed by atoms with E-state index in [9.17, 15) is 0 Å². The number of anilines is 1. The Labute approximate surface area is 110 Å². The first kappa shape index (κ1) is 11.3. The molecule has 1 saturated carbocycles. The number of fused-ring (bicyclic) bond motifs is 1. The summed E-state index contributed by atoms with van der Waals surface area (Å²) in [5.41, 5.74) is 1.15. The standard InChI is InChI=1S/C13H15ClN2S/c14-9-13(7-3-4-8-13)16-12-15-10-5-1-2-6-11(10)17-12/h1-2,5-6H,3-4,7-9H2,(H,15,16).